The molecule has 1 amide bonds. The molecule has 1 rings (SSSR count). The Bertz CT molecular complexity index is 217. The first-order valence-corrected chi connectivity index (χ1v) is 4.12. The summed E-state index contributed by atoms with van der Waals surface area (Å²) in [6, 6.07) is 0. The number of hydrogen-bond donors (Lipinski definition) is 1. The van der Waals surface area contributed by atoms with E-state index in [1.807, 2.05) is 0 Å². The van der Waals surface area contributed by atoms with Gasteiger partial charge in [0.2, 0.25) is 0 Å². The SMILES string of the molecule is NC1=NC(=O)C(Cl)(CCl)CC1. The van der Waals surface area contributed by atoms with Crippen molar-refractivity contribution in [1.29, 1.82) is 0 Å². The number of amidine groups is 1. The third kappa shape index (κ3) is 1.65. The number of amides is 1. The van der Waals surface area contributed by atoms with Gasteiger partial charge in [0, 0.05) is 6.42 Å². The molecular weight excluding hydrogens is 187 g/mol. The second-order valence-electron chi connectivity index (χ2n) is 2.51. The Morgan fingerprint density at radius 3 is 2.82 bits per heavy atom. The zero-order chi connectivity index (χ0) is 8.48. The van der Waals surface area contributed by atoms with Crippen molar-refractivity contribution < 1.29 is 4.79 Å². The molecule has 0 fully saturated rings. The Morgan fingerprint density at radius 2 is 2.36 bits per heavy atom. The second-order valence-corrected chi connectivity index (χ2v) is 3.50. The highest BCUT2D eigenvalue weighted by atomic mass is 35.5. The van der Waals surface area contributed by atoms with Crippen molar-refractivity contribution in [3.05, 3.63) is 0 Å². The number of nitrogens with zero attached hydrogens (tertiary/aromatic N) is 1. The van der Waals surface area contributed by atoms with Crippen molar-refractivity contribution in [2.24, 2.45) is 10.7 Å². The molecule has 5 heteroatoms. The average molecular weight is 195 g/mol. The number of carbonyl (C=O) groups excluding carboxylic acids is 1. The fraction of sp³-hybridized carbons (Fsp3) is 0.667. The number of halogens is 2. The minimum absolute atomic E-state index is 0.0875. The molecule has 0 radical (unpaired) electrons. The standard InChI is InChI=1S/C6H8Cl2N2O/c7-3-6(8)2-1-4(9)10-5(6)11/h1-3H2,(H2,9,10,11). The van der Waals surface area contributed by atoms with E-state index in [-0.39, 0.29) is 5.88 Å². The predicted octanol–water partition coefficient (Wildman–Crippen LogP) is 0.880. The van der Waals surface area contributed by atoms with Crippen LogP contribution in [0.25, 0.3) is 0 Å². The second kappa shape index (κ2) is 2.99. The molecule has 0 spiro atoms. The van der Waals surface area contributed by atoms with Gasteiger partial charge in [0.25, 0.3) is 5.91 Å². The number of carbonyl (C=O) groups is 1. The van der Waals surface area contributed by atoms with Gasteiger partial charge in [-0.25, -0.2) is 0 Å². The zero-order valence-corrected chi connectivity index (χ0v) is 7.32. The topological polar surface area (TPSA) is 55.4 Å². The largest absolute Gasteiger partial charge is 0.387 e. The number of rotatable bonds is 1. The molecule has 0 aromatic rings. The van der Waals surface area contributed by atoms with Crippen LogP contribution in [-0.2, 0) is 4.79 Å². The zero-order valence-electron chi connectivity index (χ0n) is 5.81. The summed E-state index contributed by atoms with van der Waals surface area (Å²) in [6.07, 6.45) is 1.02. The van der Waals surface area contributed by atoms with Crippen LogP contribution >= 0.6 is 23.2 Å². The van der Waals surface area contributed by atoms with Crippen molar-refractivity contribution in [1.82, 2.24) is 0 Å². The van der Waals surface area contributed by atoms with Crippen LogP contribution in [-0.4, -0.2) is 22.5 Å². The van der Waals surface area contributed by atoms with E-state index in [1.165, 1.54) is 0 Å². The lowest BCUT2D eigenvalue weighted by Crippen LogP contribution is -2.39. The lowest BCUT2D eigenvalue weighted by atomic mass is 10.0. The normalized spacial score (nSPS) is 31.8. The van der Waals surface area contributed by atoms with Gasteiger partial charge in [-0.3, -0.25) is 4.79 Å². The molecule has 62 valence electrons. The van der Waals surface area contributed by atoms with E-state index in [0.717, 1.165) is 0 Å². The molecule has 1 aliphatic heterocycles. The van der Waals surface area contributed by atoms with Crippen LogP contribution in [0.1, 0.15) is 12.8 Å². The van der Waals surface area contributed by atoms with Gasteiger partial charge in [-0.05, 0) is 6.42 Å². The molecule has 0 saturated heterocycles. The van der Waals surface area contributed by atoms with Crippen molar-refractivity contribution in [3.8, 4) is 0 Å². The summed E-state index contributed by atoms with van der Waals surface area (Å²) in [7, 11) is 0. The van der Waals surface area contributed by atoms with E-state index in [1.54, 1.807) is 0 Å². The number of hydrogen-bond acceptors (Lipinski definition) is 2. The Kier molecular flexibility index (Phi) is 2.40. The minimum Gasteiger partial charge on any atom is -0.387 e. The maximum Gasteiger partial charge on any atom is 0.269 e. The van der Waals surface area contributed by atoms with Crippen molar-refractivity contribution in [2.45, 2.75) is 17.7 Å². The van der Waals surface area contributed by atoms with Crippen LogP contribution in [0.4, 0.5) is 0 Å². The predicted molar refractivity (Wildman–Crippen MR) is 45.2 cm³/mol. The summed E-state index contributed by atoms with van der Waals surface area (Å²) in [5.41, 5.74) is 5.33. The molecule has 1 heterocycles. The fourth-order valence-electron chi connectivity index (χ4n) is 0.844. The Balaban J connectivity index is 2.83. The molecular formula is C6H8Cl2N2O. The third-order valence-electron chi connectivity index (χ3n) is 1.62. The maximum absolute atomic E-state index is 11.1. The van der Waals surface area contributed by atoms with Crippen molar-refractivity contribution >= 4 is 34.9 Å². The summed E-state index contributed by atoms with van der Waals surface area (Å²) in [5.74, 6) is 0.0128. The molecule has 0 aromatic heterocycles. The fourth-order valence-corrected chi connectivity index (χ4v) is 1.23. The number of nitrogens with two attached hydrogens (primary N) is 1. The summed E-state index contributed by atoms with van der Waals surface area (Å²) >= 11 is 11.3. The van der Waals surface area contributed by atoms with E-state index < -0.39 is 10.8 Å². The Morgan fingerprint density at radius 1 is 1.73 bits per heavy atom. The van der Waals surface area contributed by atoms with E-state index in [4.69, 9.17) is 28.9 Å². The molecule has 0 aliphatic carbocycles. The molecule has 0 bridgehead atoms. The smallest absolute Gasteiger partial charge is 0.269 e. The van der Waals surface area contributed by atoms with Gasteiger partial charge in [-0.1, -0.05) is 0 Å². The van der Waals surface area contributed by atoms with Crippen molar-refractivity contribution in [2.75, 3.05) is 5.88 Å². The quantitative estimate of drug-likeness (QED) is 0.631. The van der Waals surface area contributed by atoms with Gasteiger partial charge in [-0.2, -0.15) is 4.99 Å². The lowest BCUT2D eigenvalue weighted by Gasteiger charge is -2.23. The van der Waals surface area contributed by atoms with Gasteiger partial charge in [0.1, 0.15) is 10.7 Å². The molecule has 11 heavy (non-hydrogen) atoms. The Hall–Kier alpha value is -0.280. The Labute approximate surface area is 74.6 Å². The minimum atomic E-state index is -1.01. The highest BCUT2D eigenvalue weighted by molar-refractivity contribution is 6.40. The molecule has 1 atom stereocenters. The first kappa shape index (κ1) is 8.81. The van der Waals surface area contributed by atoms with Gasteiger partial charge >= 0.3 is 0 Å². The number of alkyl halides is 2. The summed E-state index contributed by atoms with van der Waals surface area (Å²) in [4.78, 5) is 13.6. The summed E-state index contributed by atoms with van der Waals surface area (Å²) in [5, 5.41) is 0. The highest BCUT2D eigenvalue weighted by Crippen LogP contribution is 2.28. The molecule has 1 unspecified atom stereocenters. The van der Waals surface area contributed by atoms with Gasteiger partial charge < -0.3 is 5.73 Å². The molecule has 2 N–H and O–H groups in total. The van der Waals surface area contributed by atoms with Gasteiger partial charge in [0.15, 0.2) is 0 Å². The van der Waals surface area contributed by atoms with Crippen molar-refractivity contribution in [3.63, 3.8) is 0 Å². The third-order valence-corrected chi connectivity index (χ3v) is 2.69. The first-order valence-electron chi connectivity index (χ1n) is 3.21. The maximum atomic E-state index is 11.1. The summed E-state index contributed by atoms with van der Waals surface area (Å²) in [6.45, 7) is 0. The van der Waals surface area contributed by atoms with E-state index in [0.29, 0.717) is 18.7 Å². The van der Waals surface area contributed by atoms with Crippen LogP contribution in [0, 0.1) is 0 Å². The first-order chi connectivity index (χ1) is 5.08. The van der Waals surface area contributed by atoms with Crippen LogP contribution in [0.2, 0.25) is 0 Å². The molecule has 1 aliphatic rings. The van der Waals surface area contributed by atoms with Crippen LogP contribution < -0.4 is 5.73 Å². The summed E-state index contributed by atoms with van der Waals surface area (Å²) < 4.78 is 0. The number of aliphatic imine (C=N–C) groups is 1. The van der Waals surface area contributed by atoms with Gasteiger partial charge in [-0.15, -0.1) is 23.2 Å². The van der Waals surface area contributed by atoms with Crippen LogP contribution in [0.15, 0.2) is 4.99 Å². The molecule has 0 saturated carbocycles. The van der Waals surface area contributed by atoms with Gasteiger partial charge in [0.05, 0.1) is 5.88 Å². The lowest BCUT2D eigenvalue weighted by molar-refractivity contribution is -0.120. The monoisotopic (exact) mass is 194 g/mol. The van der Waals surface area contributed by atoms with Crippen LogP contribution in [0.3, 0.4) is 0 Å². The highest BCUT2D eigenvalue weighted by Gasteiger charge is 2.37. The van der Waals surface area contributed by atoms with Crippen LogP contribution in [0.5, 0.6) is 0 Å². The van der Waals surface area contributed by atoms with E-state index in [2.05, 4.69) is 4.99 Å². The average Bonchev–Trinajstić information content (AvgIpc) is 1.98. The molecule has 0 aromatic carbocycles. The molecule has 3 nitrogen and oxygen atoms in total. The van der Waals surface area contributed by atoms with E-state index in [9.17, 15) is 4.79 Å². The van der Waals surface area contributed by atoms with E-state index >= 15 is 0 Å².